The van der Waals surface area contributed by atoms with Crippen molar-refractivity contribution in [2.45, 2.75) is 50.7 Å². The standard InChI is InChI=1S/C20H28O2/c21-13-3-1-7-9-5-11(15(7)13)19-17(9)18-10-6-12(20(18)19)16-8(10)2-4-14(16)22/h7-22H,1-6H2/t7-,8-,9-,10-,11+,12+,13-,14-,15-,16-,17+,18+,19+,20+/m1/s1. The molecule has 0 aliphatic heterocycles. The van der Waals surface area contributed by atoms with Gasteiger partial charge in [-0.05, 0) is 110 Å². The zero-order valence-corrected chi connectivity index (χ0v) is 13.2. The summed E-state index contributed by atoms with van der Waals surface area (Å²) in [6, 6.07) is 0. The van der Waals surface area contributed by atoms with Crippen LogP contribution in [0.1, 0.15) is 38.5 Å². The number of hydrogen-bond donors (Lipinski definition) is 2. The highest BCUT2D eigenvalue weighted by atomic mass is 16.3. The zero-order valence-electron chi connectivity index (χ0n) is 13.2. The minimum atomic E-state index is 0.0309. The fraction of sp³-hybridized carbons (Fsp3) is 1.00. The van der Waals surface area contributed by atoms with Crippen LogP contribution >= 0.6 is 0 Å². The van der Waals surface area contributed by atoms with Crippen LogP contribution in [0.2, 0.25) is 0 Å². The summed E-state index contributed by atoms with van der Waals surface area (Å²) in [5, 5.41) is 20.9. The number of aliphatic hydroxyl groups is 2. The Labute approximate surface area is 132 Å². The van der Waals surface area contributed by atoms with E-state index in [-0.39, 0.29) is 12.2 Å². The molecule has 0 radical (unpaired) electrons. The minimum Gasteiger partial charge on any atom is -0.393 e. The average molecular weight is 300 g/mol. The van der Waals surface area contributed by atoms with Crippen LogP contribution in [-0.4, -0.2) is 22.4 Å². The molecule has 0 saturated heterocycles. The van der Waals surface area contributed by atoms with E-state index >= 15 is 0 Å². The van der Waals surface area contributed by atoms with E-state index in [1.165, 1.54) is 25.7 Å². The summed E-state index contributed by atoms with van der Waals surface area (Å²) in [4.78, 5) is 0. The van der Waals surface area contributed by atoms with Crippen LogP contribution in [0.5, 0.6) is 0 Å². The zero-order chi connectivity index (χ0) is 14.3. The quantitative estimate of drug-likeness (QED) is 0.675. The highest BCUT2D eigenvalue weighted by Gasteiger charge is 2.77. The Balaban J connectivity index is 1.28. The monoisotopic (exact) mass is 300 g/mol. The van der Waals surface area contributed by atoms with Gasteiger partial charge in [-0.25, -0.2) is 0 Å². The molecule has 2 nitrogen and oxygen atoms in total. The lowest BCUT2D eigenvalue weighted by Crippen LogP contribution is -2.58. The number of hydrogen-bond acceptors (Lipinski definition) is 2. The molecule has 7 saturated carbocycles. The molecule has 7 aliphatic carbocycles. The van der Waals surface area contributed by atoms with Crippen LogP contribution in [0.25, 0.3) is 0 Å². The lowest BCUT2D eigenvalue weighted by Gasteiger charge is -2.61. The van der Waals surface area contributed by atoms with Gasteiger partial charge in [0.25, 0.3) is 0 Å². The largest absolute Gasteiger partial charge is 0.393 e. The molecule has 22 heavy (non-hydrogen) atoms. The molecule has 0 unspecified atom stereocenters. The summed E-state index contributed by atoms with van der Waals surface area (Å²) in [7, 11) is 0. The third kappa shape index (κ3) is 1.06. The SMILES string of the molecule is O[C@@H]1CC[C@@H]2[C@H]3C[C@H]([C@H]4[C@@H]3[C@@H]3[C@@H]5C[C@H]([C@@H]34)[C@H]3[C@@H]5CC[C@H]3O)[C@@H]21. The molecule has 7 aliphatic rings. The average Bonchev–Trinajstić information content (AvgIpc) is 3.22. The predicted molar refractivity (Wildman–Crippen MR) is 81.6 cm³/mol. The van der Waals surface area contributed by atoms with E-state index in [2.05, 4.69) is 0 Å². The fourth-order valence-electron chi connectivity index (χ4n) is 10.4. The second-order valence-corrected chi connectivity index (χ2v) is 10.2. The third-order valence-electron chi connectivity index (χ3n) is 10.4. The Bertz CT molecular complexity index is 498. The molecular weight excluding hydrogens is 272 g/mol. The summed E-state index contributed by atoms with van der Waals surface area (Å²) >= 11 is 0. The van der Waals surface area contributed by atoms with Gasteiger partial charge in [-0.2, -0.15) is 0 Å². The Morgan fingerprint density at radius 2 is 0.818 bits per heavy atom. The van der Waals surface area contributed by atoms with Crippen molar-refractivity contribution in [2.75, 3.05) is 0 Å². The first kappa shape index (κ1) is 12.3. The van der Waals surface area contributed by atoms with Crippen molar-refractivity contribution in [2.24, 2.45) is 71.0 Å². The van der Waals surface area contributed by atoms with Crippen LogP contribution < -0.4 is 0 Å². The fourth-order valence-corrected chi connectivity index (χ4v) is 10.4. The van der Waals surface area contributed by atoms with E-state index in [1.54, 1.807) is 0 Å². The Kier molecular flexibility index (Phi) is 2.02. The Hall–Kier alpha value is -0.0800. The summed E-state index contributed by atoms with van der Waals surface area (Å²) in [6.45, 7) is 0. The van der Waals surface area contributed by atoms with Gasteiger partial charge in [0.05, 0.1) is 12.2 Å². The summed E-state index contributed by atoms with van der Waals surface area (Å²) in [6.07, 6.45) is 7.82. The second kappa shape index (κ2) is 3.61. The van der Waals surface area contributed by atoms with Gasteiger partial charge in [-0.3, -0.25) is 0 Å². The van der Waals surface area contributed by atoms with E-state index in [0.29, 0.717) is 11.8 Å². The summed E-state index contributed by atoms with van der Waals surface area (Å²) in [5.41, 5.74) is 0. The smallest absolute Gasteiger partial charge is 0.0574 e. The van der Waals surface area contributed by atoms with Crippen molar-refractivity contribution in [3.05, 3.63) is 0 Å². The first-order valence-corrected chi connectivity index (χ1v) is 10.1. The molecular formula is C20H28O2. The van der Waals surface area contributed by atoms with E-state index in [0.717, 1.165) is 72.0 Å². The maximum absolute atomic E-state index is 10.5. The molecule has 14 atom stereocenters. The second-order valence-electron chi connectivity index (χ2n) is 10.2. The van der Waals surface area contributed by atoms with Crippen molar-refractivity contribution in [3.8, 4) is 0 Å². The molecule has 2 N–H and O–H groups in total. The molecule has 0 aromatic heterocycles. The molecule has 7 fully saturated rings. The molecule has 0 heterocycles. The lowest BCUT2D eigenvalue weighted by molar-refractivity contribution is -0.155. The molecule has 2 heteroatoms. The van der Waals surface area contributed by atoms with E-state index in [1.807, 2.05) is 0 Å². The lowest BCUT2D eigenvalue weighted by atomic mass is 9.43. The molecule has 0 spiro atoms. The van der Waals surface area contributed by atoms with Gasteiger partial charge in [-0.15, -0.1) is 0 Å². The van der Waals surface area contributed by atoms with Crippen LogP contribution in [0.3, 0.4) is 0 Å². The predicted octanol–water partition coefficient (Wildman–Crippen LogP) is 2.54. The topological polar surface area (TPSA) is 40.5 Å². The van der Waals surface area contributed by atoms with Crippen molar-refractivity contribution >= 4 is 0 Å². The van der Waals surface area contributed by atoms with Crippen molar-refractivity contribution < 1.29 is 10.2 Å². The van der Waals surface area contributed by atoms with Crippen LogP contribution in [-0.2, 0) is 0 Å². The maximum atomic E-state index is 10.5. The van der Waals surface area contributed by atoms with E-state index in [9.17, 15) is 10.2 Å². The molecule has 0 aromatic rings. The number of aliphatic hydroxyl groups excluding tert-OH is 2. The summed E-state index contributed by atoms with van der Waals surface area (Å²) < 4.78 is 0. The summed E-state index contributed by atoms with van der Waals surface area (Å²) in [5.74, 6) is 10.9. The van der Waals surface area contributed by atoms with Gasteiger partial charge in [0.1, 0.15) is 0 Å². The highest BCUT2D eigenvalue weighted by Crippen LogP contribution is 2.81. The molecule has 4 bridgehead atoms. The van der Waals surface area contributed by atoms with Crippen molar-refractivity contribution in [1.29, 1.82) is 0 Å². The van der Waals surface area contributed by atoms with E-state index < -0.39 is 0 Å². The minimum absolute atomic E-state index is 0.0309. The van der Waals surface area contributed by atoms with Gasteiger partial charge in [0, 0.05) is 0 Å². The molecule has 120 valence electrons. The van der Waals surface area contributed by atoms with E-state index in [4.69, 9.17) is 0 Å². The van der Waals surface area contributed by atoms with Crippen LogP contribution in [0.15, 0.2) is 0 Å². The van der Waals surface area contributed by atoms with Gasteiger partial charge in [0.2, 0.25) is 0 Å². The van der Waals surface area contributed by atoms with Gasteiger partial charge >= 0.3 is 0 Å². The Morgan fingerprint density at radius 1 is 0.409 bits per heavy atom. The molecule has 7 rings (SSSR count). The van der Waals surface area contributed by atoms with Crippen molar-refractivity contribution in [3.63, 3.8) is 0 Å². The van der Waals surface area contributed by atoms with Crippen LogP contribution in [0, 0.1) is 71.0 Å². The first-order valence-electron chi connectivity index (χ1n) is 10.1. The maximum Gasteiger partial charge on any atom is 0.0574 e. The third-order valence-corrected chi connectivity index (χ3v) is 10.4. The number of fused-ring (bicyclic) bond motifs is 18. The normalized spacial score (nSPS) is 75.5. The Morgan fingerprint density at radius 3 is 1.27 bits per heavy atom. The molecule has 0 amide bonds. The van der Waals surface area contributed by atoms with Crippen molar-refractivity contribution in [1.82, 2.24) is 0 Å². The molecule has 0 aromatic carbocycles. The number of rotatable bonds is 0. The van der Waals surface area contributed by atoms with Crippen LogP contribution in [0.4, 0.5) is 0 Å². The van der Waals surface area contributed by atoms with Gasteiger partial charge < -0.3 is 10.2 Å². The first-order chi connectivity index (χ1) is 10.8. The van der Waals surface area contributed by atoms with Gasteiger partial charge in [0.15, 0.2) is 0 Å². The highest BCUT2D eigenvalue weighted by molar-refractivity contribution is 5.25. The van der Waals surface area contributed by atoms with Gasteiger partial charge in [-0.1, -0.05) is 0 Å².